The van der Waals surface area contributed by atoms with Crippen LogP contribution in [-0.4, -0.2) is 77.7 Å². The minimum atomic E-state index is -1.24. The molecule has 4 rings (SSSR count). The molecular formula is C24H28N4O4. The first-order valence-corrected chi connectivity index (χ1v) is 10.8. The van der Waals surface area contributed by atoms with Crippen molar-refractivity contribution in [3.8, 4) is 5.75 Å². The zero-order chi connectivity index (χ0) is 22.7. The molecule has 0 aliphatic carbocycles. The van der Waals surface area contributed by atoms with Gasteiger partial charge in [0.1, 0.15) is 5.75 Å². The Morgan fingerprint density at radius 3 is 2.41 bits per heavy atom. The lowest BCUT2D eigenvalue weighted by molar-refractivity contribution is -0.142. The Kier molecular flexibility index (Phi) is 6.23. The number of likely N-dealkylation sites (N-methyl/N-ethyl adjacent to an activating group) is 1. The summed E-state index contributed by atoms with van der Waals surface area (Å²) in [5.74, 6) is -0.246. The summed E-state index contributed by atoms with van der Waals surface area (Å²) < 4.78 is 5.48. The number of ether oxygens (including phenoxy) is 1. The molecule has 1 aromatic heterocycles. The van der Waals surface area contributed by atoms with Gasteiger partial charge in [-0.2, -0.15) is 0 Å². The van der Waals surface area contributed by atoms with Crippen molar-refractivity contribution >= 4 is 17.7 Å². The quantitative estimate of drug-likeness (QED) is 0.638. The zero-order valence-corrected chi connectivity index (χ0v) is 18.5. The smallest absolute Gasteiger partial charge is 0.240 e. The van der Waals surface area contributed by atoms with Gasteiger partial charge in [-0.1, -0.05) is 24.3 Å². The number of hydrogen-bond acceptors (Lipinski definition) is 6. The van der Waals surface area contributed by atoms with Gasteiger partial charge in [0.2, 0.25) is 17.7 Å². The molecule has 8 nitrogen and oxygen atoms in total. The van der Waals surface area contributed by atoms with Gasteiger partial charge < -0.3 is 9.64 Å². The van der Waals surface area contributed by atoms with E-state index >= 15 is 0 Å². The Balaban J connectivity index is 1.49. The second kappa shape index (κ2) is 9.08. The molecule has 1 atom stereocenters. The Labute approximate surface area is 187 Å². The first kappa shape index (κ1) is 22.0. The van der Waals surface area contributed by atoms with E-state index in [1.807, 2.05) is 24.3 Å². The molecule has 2 aromatic rings. The van der Waals surface area contributed by atoms with Crippen LogP contribution in [0.4, 0.5) is 0 Å². The third kappa shape index (κ3) is 4.10. The zero-order valence-electron chi connectivity index (χ0n) is 18.5. The van der Waals surface area contributed by atoms with Gasteiger partial charge in [-0.25, -0.2) is 0 Å². The van der Waals surface area contributed by atoms with Crippen LogP contribution in [0.1, 0.15) is 24.1 Å². The first-order chi connectivity index (χ1) is 15.4. The molecule has 2 aliphatic heterocycles. The molecule has 3 amide bonds. The van der Waals surface area contributed by atoms with Gasteiger partial charge in [0.25, 0.3) is 0 Å². The lowest BCUT2D eigenvalue weighted by atomic mass is 9.75. The van der Waals surface area contributed by atoms with Gasteiger partial charge in [-0.3, -0.25) is 29.2 Å². The minimum absolute atomic E-state index is 0.0336. The summed E-state index contributed by atoms with van der Waals surface area (Å²) in [5.41, 5.74) is 0.355. The fraction of sp³-hybridized carbons (Fsp3) is 0.417. The molecular weight excluding hydrogens is 408 g/mol. The van der Waals surface area contributed by atoms with Crippen LogP contribution in [0.5, 0.6) is 5.75 Å². The van der Waals surface area contributed by atoms with Crippen LogP contribution in [0, 0.1) is 0 Å². The van der Waals surface area contributed by atoms with Gasteiger partial charge in [-0.05, 0) is 18.2 Å². The van der Waals surface area contributed by atoms with Crippen molar-refractivity contribution in [3.05, 3.63) is 59.9 Å². The molecule has 1 aromatic carbocycles. The summed E-state index contributed by atoms with van der Waals surface area (Å²) in [4.78, 5) is 48.6. The van der Waals surface area contributed by atoms with Crippen LogP contribution in [0.25, 0.3) is 0 Å². The number of methoxy groups -OCH3 is 1. The normalized spacial score (nSPS) is 21.8. The third-order valence-electron chi connectivity index (χ3n) is 6.45. The van der Waals surface area contributed by atoms with E-state index in [-0.39, 0.29) is 30.6 Å². The van der Waals surface area contributed by atoms with Crippen LogP contribution in [0.3, 0.4) is 0 Å². The molecule has 0 N–H and O–H groups in total. The SMILES string of the molecule is COc1ccccc1C1(CC(=O)N2CCN(Cc3ccccn3)CC2)CC(=O)N(C)C1=O. The largest absolute Gasteiger partial charge is 0.496 e. The average Bonchev–Trinajstić information content (AvgIpc) is 3.04. The molecule has 168 valence electrons. The van der Waals surface area contributed by atoms with Crippen molar-refractivity contribution in [1.82, 2.24) is 19.7 Å². The summed E-state index contributed by atoms with van der Waals surface area (Å²) in [6.45, 7) is 3.36. The number of rotatable bonds is 6. The summed E-state index contributed by atoms with van der Waals surface area (Å²) >= 11 is 0. The number of carbonyl (C=O) groups excluding carboxylic acids is 3. The van der Waals surface area contributed by atoms with Gasteiger partial charge >= 0.3 is 0 Å². The predicted octanol–water partition coefficient (Wildman–Crippen LogP) is 1.45. The summed E-state index contributed by atoms with van der Waals surface area (Å²) in [5, 5.41) is 0. The Morgan fingerprint density at radius 2 is 1.78 bits per heavy atom. The number of amides is 3. The number of carbonyl (C=O) groups is 3. The highest BCUT2D eigenvalue weighted by atomic mass is 16.5. The maximum atomic E-state index is 13.3. The summed E-state index contributed by atoms with van der Waals surface area (Å²) in [6, 6.07) is 13.0. The van der Waals surface area contributed by atoms with E-state index in [0.29, 0.717) is 24.4 Å². The molecule has 8 heteroatoms. The number of pyridine rings is 1. The maximum absolute atomic E-state index is 13.3. The number of para-hydroxylation sites is 1. The lowest BCUT2D eigenvalue weighted by Crippen LogP contribution is -2.50. The van der Waals surface area contributed by atoms with Crippen LogP contribution in [-0.2, 0) is 26.3 Å². The van der Waals surface area contributed by atoms with Crippen LogP contribution >= 0.6 is 0 Å². The van der Waals surface area contributed by atoms with Gasteiger partial charge in [0.15, 0.2) is 0 Å². The molecule has 32 heavy (non-hydrogen) atoms. The molecule has 0 spiro atoms. The van der Waals surface area contributed by atoms with Gasteiger partial charge in [0, 0.05) is 64.4 Å². The number of nitrogens with zero attached hydrogens (tertiary/aromatic N) is 4. The second-order valence-electron chi connectivity index (χ2n) is 8.37. The second-order valence-corrected chi connectivity index (χ2v) is 8.37. The predicted molar refractivity (Wildman–Crippen MR) is 118 cm³/mol. The van der Waals surface area contributed by atoms with Crippen molar-refractivity contribution in [2.75, 3.05) is 40.3 Å². The van der Waals surface area contributed by atoms with Crippen LogP contribution < -0.4 is 4.74 Å². The van der Waals surface area contributed by atoms with E-state index in [9.17, 15) is 14.4 Å². The number of aromatic nitrogens is 1. The van der Waals surface area contributed by atoms with Gasteiger partial charge in [0.05, 0.1) is 18.2 Å². The van der Waals surface area contributed by atoms with E-state index in [0.717, 1.165) is 30.2 Å². The highest BCUT2D eigenvalue weighted by Gasteiger charge is 2.54. The first-order valence-electron chi connectivity index (χ1n) is 10.8. The average molecular weight is 437 g/mol. The van der Waals surface area contributed by atoms with Crippen molar-refractivity contribution < 1.29 is 19.1 Å². The number of imide groups is 1. The van der Waals surface area contributed by atoms with E-state index < -0.39 is 5.41 Å². The number of benzene rings is 1. The Morgan fingerprint density at radius 1 is 1.06 bits per heavy atom. The molecule has 0 saturated carbocycles. The lowest BCUT2D eigenvalue weighted by Gasteiger charge is -2.36. The van der Waals surface area contributed by atoms with Crippen LogP contribution in [0.2, 0.25) is 0 Å². The summed E-state index contributed by atoms with van der Waals surface area (Å²) in [6.07, 6.45) is 1.69. The molecule has 0 radical (unpaired) electrons. The monoisotopic (exact) mass is 436 g/mol. The standard InChI is InChI=1S/C24H28N4O4/c1-26-21(29)15-24(23(26)31,19-8-3-4-9-20(19)32-2)16-22(30)28-13-11-27(12-14-28)17-18-7-5-6-10-25-18/h3-10H,11-17H2,1-2H3. The van der Waals surface area contributed by atoms with E-state index in [4.69, 9.17) is 4.74 Å². The highest BCUT2D eigenvalue weighted by Crippen LogP contribution is 2.43. The molecule has 1 unspecified atom stereocenters. The van der Waals surface area contributed by atoms with Crippen molar-refractivity contribution in [2.24, 2.45) is 0 Å². The highest BCUT2D eigenvalue weighted by molar-refractivity contribution is 6.10. The fourth-order valence-corrected chi connectivity index (χ4v) is 4.62. The molecule has 3 heterocycles. The van der Waals surface area contributed by atoms with Crippen molar-refractivity contribution in [3.63, 3.8) is 0 Å². The van der Waals surface area contributed by atoms with E-state index in [1.54, 1.807) is 29.3 Å². The van der Waals surface area contributed by atoms with E-state index in [1.165, 1.54) is 14.2 Å². The number of likely N-dealkylation sites (tertiary alicyclic amines) is 1. The summed E-state index contributed by atoms with van der Waals surface area (Å²) in [7, 11) is 3.00. The Bertz CT molecular complexity index is 1000. The van der Waals surface area contributed by atoms with Crippen LogP contribution in [0.15, 0.2) is 48.7 Å². The van der Waals surface area contributed by atoms with Gasteiger partial charge in [-0.15, -0.1) is 0 Å². The number of hydrogen-bond donors (Lipinski definition) is 0. The fourth-order valence-electron chi connectivity index (χ4n) is 4.62. The van der Waals surface area contributed by atoms with E-state index in [2.05, 4.69) is 9.88 Å². The Hall–Kier alpha value is -3.26. The molecule has 2 aliphatic rings. The van der Waals surface area contributed by atoms with Crippen molar-refractivity contribution in [2.45, 2.75) is 24.8 Å². The molecule has 2 fully saturated rings. The van der Waals surface area contributed by atoms with Crippen molar-refractivity contribution in [1.29, 1.82) is 0 Å². The third-order valence-corrected chi connectivity index (χ3v) is 6.45. The molecule has 0 bridgehead atoms. The molecule has 2 saturated heterocycles. The topological polar surface area (TPSA) is 83.1 Å². The minimum Gasteiger partial charge on any atom is -0.496 e. The maximum Gasteiger partial charge on any atom is 0.240 e. The number of piperazine rings is 1.